The summed E-state index contributed by atoms with van der Waals surface area (Å²) in [6.07, 6.45) is -1.50. The molecule has 4 unspecified atom stereocenters. The molecule has 1 rings (SSSR count). The van der Waals surface area contributed by atoms with E-state index in [1.807, 2.05) is 6.07 Å². The van der Waals surface area contributed by atoms with Gasteiger partial charge in [-0.25, -0.2) is 0 Å². The molecule has 4 nitrogen and oxygen atoms in total. The SMILES string of the molecule is N#CC1CC(N)C(O)C1O. The van der Waals surface area contributed by atoms with Gasteiger partial charge in [-0.3, -0.25) is 0 Å². The van der Waals surface area contributed by atoms with E-state index in [1.165, 1.54) is 0 Å². The largest absolute Gasteiger partial charge is 0.389 e. The third-order valence-corrected chi connectivity index (χ3v) is 1.89. The van der Waals surface area contributed by atoms with Gasteiger partial charge < -0.3 is 15.9 Å². The standard InChI is InChI=1S/C6H10N2O2/c7-2-3-1-4(8)6(10)5(3)9/h3-6,9-10H,1,8H2. The summed E-state index contributed by atoms with van der Waals surface area (Å²) in [6, 6.07) is 1.44. The zero-order chi connectivity index (χ0) is 7.72. The molecule has 1 saturated carbocycles. The van der Waals surface area contributed by atoms with Gasteiger partial charge in [0, 0.05) is 6.04 Å². The lowest BCUT2D eigenvalue weighted by molar-refractivity contribution is 0.0250. The van der Waals surface area contributed by atoms with Crippen molar-refractivity contribution in [3.05, 3.63) is 0 Å². The topological polar surface area (TPSA) is 90.3 Å². The van der Waals surface area contributed by atoms with Crippen molar-refractivity contribution in [2.24, 2.45) is 11.7 Å². The predicted molar refractivity (Wildman–Crippen MR) is 33.7 cm³/mol. The van der Waals surface area contributed by atoms with E-state index in [9.17, 15) is 0 Å². The Morgan fingerprint density at radius 3 is 2.20 bits per heavy atom. The molecule has 0 aromatic rings. The Morgan fingerprint density at radius 2 is 2.00 bits per heavy atom. The summed E-state index contributed by atoms with van der Waals surface area (Å²) in [5.41, 5.74) is 5.37. The molecule has 56 valence electrons. The normalized spacial score (nSPS) is 47.0. The maximum Gasteiger partial charge on any atom is 0.0972 e. The van der Waals surface area contributed by atoms with Crippen molar-refractivity contribution in [1.29, 1.82) is 5.26 Å². The van der Waals surface area contributed by atoms with Crippen LogP contribution in [0, 0.1) is 17.2 Å². The van der Waals surface area contributed by atoms with Crippen LogP contribution in [0.5, 0.6) is 0 Å². The highest BCUT2D eigenvalue weighted by molar-refractivity contribution is 5.02. The molecule has 0 spiro atoms. The van der Waals surface area contributed by atoms with Gasteiger partial charge in [-0.2, -0.15) is 5.26 Å². The first-order valence-corrected chi connectivity index (χ1v) is 3.18. The molecule has 1 aliphatic carbocycles. The number of rotatable bonds is 0. The Morgan fingerprint density at radius 1 is 1.40 bits per heavy atom. The Kier molecular flexibility index (Phi) is 1.90. The van der Waals surface area contributed by atoms with Crippen molar-refractivity contribution < 1.29 is 10.2 Å². The Hall–Kier alpha value is -0.630. The van der Waals surface area contributed by atoms with E-state index in [0.29, 0.717) is 6.42 Å². The molecule has 0 bridgehead atoms. The van der Waals surface area contributed by atoms with Crippen molar-refractivity contribution in [3.63, 3.8) is 0 Å². The van der Waals surface area contributed by atoms with Gasteiger partial charge in [-0.05, 0) is 6.42 Å². The first-order valence-electron chi connectivity index (χ1n) is 3.18. The average molecular weight is 142 g/mol. The number of aliphatic hydroxyl groups is 2. The minimum absolute atomic E-state index is 0.388. The van der Waals surface area contributed by atoms with Gasteiger partial charge in [-0.15, -0.1) is 0 Å². The van der Waals surface area contributed by atoms with Gasteiger partial charge in [0.2, 0.25) is 0 Å². The van der Waals surface area contributed by atoms with Crippen LogP contribution in [0.1, 0.15) is 6.42 Å². The van der Waals surface area contributed by atoms with E-state index in [2.05, 4.69) is 0 Å². The first kappa shape index (κ1) is 7.48. The summed E-state index contributed by atoms with van der Waals surface area (Å²) >= 11 is 0. The van der Waals surface area contributed by atoms with Crippen LogP contribution < -0.4 is 5.73 Å². The van der Waals surface area contributed by atoms with Crippen LogP contribution in [0.2, 0.25) is 0 Å². The van der Waals surface area contributed by atoms with Gasteiger partial charge in [0.1, 0.15) is 0 Å². The smallest absolute Gasteiger partial charge is 0.0972 e. The summed E-state index contributed by atoms with van der Waals surface area (Å²) in [5, 5.41) is 26.5. The van der Waals surface area contributed by atoms with Crippen LogP contribution in [0.3, 0.4) is 0 Å². The molecule has 0 aromatic heterocycles. The van der Waals surface area contributed by atoms with Crippen LogP contribution in [0.4, 0.5) is 0 Å². The fourth-order valence-corrected chi connectivity index (χ4v) is 1.19. The molecule has 10 heavy (non-hydrogen) atoms. The summed E-state index contributed by atoms with van der Waals surface area (Å²) < 4.78 is 0. The monoisotopic (exact) mass is 142 g/mol. The van der Waals surface area contributed by atoms with Crippen molar-refractivity contribution in [3.8, 4) is 6.07 Å². The molecule has 0 aromatic carbocycles. The minimum Gasteiger partial charge on any atom is -0.389 e. The molecule has 4 N–H and O–H groups in total. The molecular formula is C6H10N2O2. The van der Waals surface area contributed by atoms with Crippen LogP contribution >= 0.6 is 0 Å². The van der Waals surface area contributed by atoms with Crippen LogP contribution in [0.15, 0.2) is 0 Å². The second kappa shape index (κ2) is 2.54. The Labute approximate surface area is 58.9 Å². The van der Waals surface area contributed by atoms with Gasteiger partial charge >= 0.3 is 0 Å². The summed E-state index contributed by atoms with van der Waals surface area (Å²) in [6.45, 7) is 0. The van der Waals surface area contributed by atoms with E-state index >= 15 is 0 Å². The van der Waals surface area contributed by atoms with E-state index in [1.54, 1.807) is 0 Å². The molecule has 1 aliphatic rings. The minimum atomic E-state index is -0.958. The molecule has 0 heterocycles. The van der Waals surface area contributed by atoms with Gasteiger partial charge in [-0.1, -0.05) is 0 Å². The lowest BCUT2D eigenvalue weighted by Crippen LogP contribution is -2.35. The second-order valence-corrected chi connectivity index (χ2v) is 2.62. The summed E-state index contributed by atoms with van der Waals surface area (Å²) in [5.74, 6) is -0.495. The van der Waals surface area contributed by atoms with E-state index < -0.39 is 24.2 Å². The maximum absolute atomic E-state index is 9.08. The Bertz CT molecular complexity index is 166. The first-order chi connectivity index (χ1) is 4.66. The lowest BCUT2D eigenvalue weighted by Gasteiger charge is -2.10. The number of nitrogens with two attached hydrogens (primary N) is 1. The Balaban J connectivity index is 2.64. The van der Waals surface area contributed by atoms with Crippen molar-refractivity contribution in [2.45, 2.75) is 24.7 Å². The van der Waals surface area contributed by atoms with Gasteiger partial charge in [0.25, 0.3) is 0 Å². The zero-order valence-electron chi connectivity index (χ0n) is 5.44. The lowest BCUT2D eigenvalue weighted by atomic mass is 10.1. The van der Waals surface area contributed by atoms with Crippen molar-refractivity contribution in [2.75, 3.05) is 0 Å². The number of nitrogens with zero attached hydrogens (tertiary/aromatic N) is 1. The molecule has 1 fully saturated rings. The molecular weight excluding hydrogens is 132 g/mol. The molecule has 0 saturated heterocycles. The van der Waals surface area contributed by atoms with Gasteiger partial charge in [0.05, 0.1) is 24.2 Å². The van der Waals surface area contributed by atoms with Crippen LogP contribution in [0.25, 0.3) is 0 Å². The third kappa shape index (κ3) is 0.991. The van der Waals surface area contributed by atoms with E-state index in [0.717, 1.165) is 0 Å². The van der Waals surface area contributed by atoms with Gasteiger partial charge in [0.15, 0.2) is 0 Å². The number of hydrogen-bond donors (Lipinski definition) is 3. The molecule has 0 aliphatic heterocycles. The summed E-state index contributed by atoms with van der Waals surface area (Å²) in [7, 11) is 0. The van der Waals surface area contributed by atoms with Crippen LogP contribution in [-0.2, 0) is 0 Å². The molecule has 4 atom stereocenters. The number of nitriles is 1. The molecule has 0 amide bonds. The second-order valence-electron chi connectivity index (χ2n) is 2.62. The van der Waals surface area contributed by atoms with E-state index in [4.69, 9.17) is 21.2 Å². The highest BCUT2D eigenvalue weighted by atomic mass is 16.3. The fourth-order valence-electron chi connectivity index (χ4n) is 1.19. The zero-order valence-corrected chi connectivity index (χ0v) is 5.44. The fraction of sp³-hybridized carbons (Fsp3) is 0.833. The van der Waals surface area contributed by atoms with Crippen molar-refractivity contribution >= 4 is 0 Å². The van der Waals surface area contributed by atoms with Crippen molar-refractivity contribution in [1.82, 2.24) is 0 Å². The highest BCUT2D eigenvalue weighted by Crippen LogP contribution is 2.24. The molecule has 4 heteroatoms. The van der Waals surface area contributed by atoms with E-state index in [-0.39, 0.29) is 0 Å². The number of hydrogen-bond acceptors (Lipinski definition) is 4. The quantitative estimate of drug-likeness (QED) is 0.387. The third-order valence-electron chi connectivity index (χ3n) is 1.89. The maximum atomic E-state index is 9.08. The molecule has 0 radical (unpaired) electrons. The average Bonchev–Trinajstić information content (AvgIpc) is 2.17. The highest BCUT2D eigenvalue weighted by Gasteiger charge is 2.39. The number of aliphatic hydroxyl groups excluding tert-OH is 2. The predicted octanol–water partition coefficient (Wildman–Crippen LogP) is -1.42. The summed E-state index contributed by atoms with van der Waals surface area (Å²) in [4.78, 5) is 0. The van der Waals surface area contributed by atoms with Crippen LogP contribution in [-0.4, -0.2) is 28.5 Å².